The summed E-state index contributed by atoms with van der Waals surface area (Å²) in [5.74, 6) is 0. The predicted molar refractivity (Wildman–Crippen MR) is 73.0 cm³/mol. The molecule has 0 aliphatic rings. The molecule has 1 N–H and O–H groups in total. The first kappa shape index (κ1) is 12.2. The summed E-state index contributed by atoms with van der Waals surface area (Å²) >= 11 is 5.85. The number of sulfone groups is 1. The highest BCUT2D eigenvalue weighted by Crippen LogP contribution is 2.28. The van der Waals surface area contributed by atoms with Gasteiger partial charge in [-0.1, -0.05) is 17.7 Å². The van der Waals surface area contributed by atoms with Gasteiger partial charge in [0.25, 0.3) is 0 Å². The lowest BCUT2D eigenvalue weighted by molar-refractivity contribution is 0.597. The first-order valence-corrected chi connectivity index (χ1v) is 7.38. The molecule has 0 aliphatic heterocycles. The Hall–Kier alpha value is -1.85. The van der Waals surface area contributed by atoms with E-state index in [1.807, 2.05) is 0 Å². The third kappa shape index (κ3) is 2.01. The third-order valence-corrected chi connectivity index (χ3v) is 4.84. The zero-order valence-electron chi connectivity index (χ0n) is 9.67. The minimum Gasteiger partial charge on any atom is -0.345 e. The van der Waals surface area contributed by atoms with Gasteiger partial charge in [-0.25, -0.2) is 13.4 Å². The fourth-order valence-electron chi connectivity index (χ4n) is 1.91. The SMILES string of the molecule is O=S(=O)(c1cccc(Cl)c1)c1c[nH]c2ncccc12. The summed E-state index contributed by atoms with van der Waals surface area (Å²) in [6, 6.07) is 9.63. The molecule has 2 heterocycles. The molecule has 0 bridgehead atoms. The lowest BCUT2D eigenvalue weighted by Crippen LogP contribution is -2.01. The van der Waals surface area contributed by atoms with Gasteiger partial charge >= 0.3 is 0 Å². The van der Waals surface area contributed by atoms with Crippen molar-refractivity contribution in [2.24, 2.45) is 0 Å². The second kappa shape index (κ2) is 4.36. The highest BCUT2D eigenvalue weighted by Gasteiger charge is 2.22. The molecule has 0 aliphatic carbocycles. The van der Waals surface area contributed by atoms with Crippen LogP contribution in [0.2, 0.25) is 5.02 Å². The minimum atomic E-state index is -3.60. The lowest BCUT2D eigenvalue weighted by Gasteiger charge is -2.03. The minimum absolute atomic E-state index is 0.171. The number of halogens is 1. The standard InChI is InChI=1S/C13H9ClN2O2S/c14-9-3-1-4-10(7-9)19(17,18)12-8-16-13-11(12)5-2-6-15-13/h1-8H,(H,15,16). The molecule has 0 amide bonds. The molecule has 0 spiro atoms. The van der Waals surface area contributed by atoms with Gasteiger partial charge in [-0.15, -0.1) is 0 Å². The summed E-state index contributed by atoms with van der Waals surface area (Å²) in [4.78, 5) is 7.31. The van der Waals surface area contributed by atoms with Crippen molar-refractivity contribution in [3.05, 3.63) is 53.8 Å². The predicted octanol–water partition coefficient (Wildman–Crippen LogP) is 3.05. The summed E-state index contributed by atoms with van der Waals surface area (Å²) < 4.78 is 25.1. The van der Waals surface area contributed by atoms with Crippen LogP contribution in [0, 0.1) is 0 Å². The van der Waals surface area contributed by atoms with Crippen LogP contribution in [0.5, 0.6) is 0 Å². The average Bonchev–Trinajstić information content (AvgIpc) is 2.83. The Bertz CT molecular complexity index is 856. The average molecular weight is 293 g/mol. The maximum atomic E-state index is 12.6. The van der Waals surface area contributed by atoms with Crippen molar-refractivity contribution >= 4 is 32.5 Å². The molecule has 0 fully saturated rings. The van der Waals surface area contributed by atoms with Gasteiger partial charge < -0.3 is 4.98 Å². The molecule has 0 saturated heterocycles. The van der Waals surface area contributed by atoms with E-state index >= 15 is 0 Å². The Morgan fingerprint density at radius 2 is 2.00 bits per heavy atom. The van der Waals surface area contributed by atoms with E-state index in [0.717, 1.165) is 0 Å². The zero-order chi connectivity index (χ0) is 13.5. The number of benzene rings is 1. The van der Waals surface area contributed by atoms with Crippen LogP contribution in [-0.4, -0.2) is 18.4 Å². The molecule has 2 aromatic heterocycles. The highest BCUT2D eigenvalue weighted by atomic mass is 35.5. The molecule has 1 aromatic carbocycles. The van der Waals surface area contributed by atoms with Crippen molar-refractivity contribution in [1.82, 2.24) is 9.97 Å². The van der Waals surface area contributed by atoms with Crippen LogP contribution in [0.4, 0.5) is 0 Å². The number of aromatic nitrogens is 2. The Morgan fingerprint density at radius 3 is 2.79 bits per heavy atom. The van der Waals surface area contributed by atoms with Crippen molar-refractivity contribution in [1.29, 1.82) is 0 Å². The van der Waals surface area contributed by atoms with Crippen LogP contribution >= 0.6 is 11.6 Å². The Balaban J connectivity index is 2.26. The van der Waals surface area contributed by atoms with Crippen molar-refractivity contribution in [3.8, 4) is 0 Å². The molecule has 4 nitrogen and oxygen atoms in total. The van der Waals surface area contributed by atoms with Gasteiger partial charge in [-0.05, 0) is 30.3 Å². The highest BCUT2D eigenvalue weighted by molar-refractivity contribution is 7.91. The number of fused-ring (bicyclic) bond motifs is 1. The summed E-state index contributed by atoms with van der Waals surface area (Å²) in [7, 11) is -3.60. The number of nitrogens with zero attached hydrogens (tertiary/aromatic N) is 1. The second-order valence-electron chi connectivity index (χ2n) is 4.01. The topological polar surface area (TPSA) is 62.8 Å². The first-order valence-electron chi connectivity index (χ1n) is 5.52. The van der Waals surface area contributed by atoms with Crippen molar-refractivity contribution in [2.45, 2.75) is 9.79 Å². The maximum absolute atomic E-state index is 12.6. The molecular formula is C13H9ClN2O2S. The molecule has 0 unspecified atom stereocenters. The number of nitrogens with one attached hydrogen (secondary N) is 1. The fraction of sp³-hybridized carbons (Fsp3) is 0. The Kier molecular flexibility index (Phi) is 2.80. The molecule has 3 aromatic rings. The maximum Gasteiger partial charge on any atom is 0.208 e. The summed E-state index contributed by atoms with van der Waals surface area (Å²) in [6.45, 7) is 0. The van der Waals surface area contributed by atoms with Crippen LogP contribution in [0.1, 0.15) is 0 Å². The van der Waals surface area contributed by atoms with Gasteiger partial charge in [0.05, 0.1) is 9.79 Å². The zero-order valence-corrected chi connectivity index (χ0v) is 11.2. The van der Waals surface area contributed by atoms with Gasteiger partial charge in [0.2, 0.25) is 9.84 Å². The molecule has 6 heteroatoms. The van der Waals surface area contributed by atoms with E-state index in [-0.39, 0.29) is 9.79 Å². The smallest absolute Gasteiger partial charge is 0.208 e. The van der Waals surface area contributed by atoms with Gasteiger partial charge in [-0.2, -0.15) is 0 Å². The van der Waals surface area contributed by atoms with E-state index in [0.29, 0.717) is 16.1 Å². The van der Waals surface area contributed by atoms with Gasteiger partial charge in [0.1, 0.15) is 5.65 Å². The molecule has 0 saturated carbocycles. The molecule has 96 valence electrons. The van der Waals surface area contributed by atoms with E-state index in [2.05, 4.69) is 9.97 Å². The van der Waals surface area contributed by atoms with Crippen LogP contribution in [0.15, 0.2) is 58.6 Å². The van der Waals surface area contributed by atoms with E-state index in [1.165, 1.54) is 18.3 Å². The fourth-order valence-corrected chi connectivity index (χ4v) is 3.63. The second-order valence-corrected chi connectivity index (χ2v) is 6.37. The van der Waals surface area contributed by atoms with Crippen LogP contribution in [0.25, 0.3) is 11.0 Å². The van der Waals surface area contributed by atoms with E-state index < -0.39 is 9.84 Å². The molecule has 0 atom stereocenters. The first-order chi connectivity index (χ1) is 9.09. The van der Waals surface area contributed by atoms with Gasteiger partial charge in [-0.3, -0.25) is 0 Å². The van der Waals surface area contributed by atoms with E-state index in [4.69, 9.17) is 11.6 Å². The van der Waals surface area contributed by atoms with Crippen LogP contribution < -0.4 is 0 Å². The normalized spacial score (nSPS) is 11.8. The quantitative estimate of drug-likeness (QED) is 0.789. The van der Waals surface area contributed by atoms with Gasteiger partial charge in [0.15, 0.2) is 0 Å². The number of H-pyrrole nitrogens is 1. The molecule has 0 radical (unpaired) electrons. The van der Waals surface area contributed by atoms with E-state index in [9.17, 15) is 8.42 Å². The summed E-state index contributed by atoms with van der Waals surface area (Å²) in [5.41, 5.74) is 0.545. The number of hydrogen-bond acceptors (Lipinski definition) is 3. The lowest BCUT2D eigenvalue weighted by atomic mass is 10.3. The number of aromatic amines is 1. The molecule has 3 rings (SSSR count). The molecular weight excluding hydrogens is 284 g/mol. The van der Waals surface area contributed by atoms with Crippen molar-refractivity contribution in [3.63, 3.8) is 0 Å². The van der Waals surface area contributed by atoms with Crippen LogP contribution in [-0.2, 0) is 9.84 Å². The summed E-state index contributed by atoms with van der Waals surface area (Å²) in [6.07, 6.45) is 3.06. The third-order valence-electron chi connectivity index (χ3n) is 2.81. The Labute approximate surface area is 115 Å². The number of pyridine rings is 1. The largest absolute Gasteiger partial charge is 0.345 e. The number of rotatable bonds is 2. The van der Waals surface area contributed by atoms with Crippen molar-refractivity contribution < 1.29 is 8.42 Å². The Morgan fingerprint density at radius 1 is 1.16 bits per heavy atom. The van der Waals surface area contributed by atoms with Gasteiger partial charge in [0, 0.05) is 22.8 Å². The molecule has 19 heavy (non-hydrogen) atoms. The number of hydrogen-bond donors (Lipinski definition) is 1. The monoisotopic (exact) mass is 292 g/mol. The van der Waals surface area contributed by atoms with E-state index in [1.54, 1.807) is 30.5 Å². The summed E-state index contributed by atoms with van der Waals surface area (Å²) in [5, 5.41) is 0.960. The van der Waals surface area contributed by atoms with Crippen molar-refractivity contribution in [2.75, 3.05) is 0 Å². The van der Waals surface area contributed by atoms with Crippen LogP contribution in [0.3, 0.4) is 0 Å².